The standard InChI is InChI=1S/C16H15ClN2O/c1-20-11-13-4-2-3-12(7-13)10-19-15-5-6-16(17)14(8-15)9-18/h2-8,19H,10-11H2,1H3. The highest BCUT2D eigenvalue weighted by molar-refractivity contribution is 6.31. The molecule has 0 radical (unpaired) electrons. The zero-order chi connectivity index (χ0) is 14.4. The summed E-state index contributed by atoms with van der Waals surface area (Å²) < 4.78 is 5.12. The Hall–Kier alpha value is -2.02. The molecule has 0 aliphatic carbocycles. The first-order chi connectivity index (χ1) is 9.72. The molecule has 1 N–H and O–H groups in total. The van der Waals surface area contributed by atoms with Crippen LogP contribution in [-0.4, -0.2) is 7.11 Å². The van der Waals surface area contributed by atoms with Crippen molar-refractivity contribution < 1.29 is 4.74 Å². The Morgan fingerprint density at radius 1 is 1.20 bits per heavy atom. The van der Waals surface area contributed by atoms with Crippen LogP contribution >= 0.6 is 11.6 Å². The summed E-state index contributed by atoms with van der Waals surface area (Å²) in [5, 5.41) is 12.7. The van der Waals surface area contributed by atoms with Gasteiger partial charge in [0, 0.05) is 19.3 Å². The van der Waals surface area contributed by atoms with Crippen molar-refractivity contribution in [3.63, 3.8) is 0 Å². The maximum Gasteiger partial charge on any atom is 0.101 e. The van der Waals surface area contributed by atoms with E-state index in [1.165, 1.54) is 0 Å². The molecular formula is C16H15ClN2O. The van der Waals surface area contributed by atoms with Crippen molar-refractivity contribution in [2.24, 2.45) is 0 Å². The van der Waals surface area contributed by atoms with Crippen LogP contribution in [0, 0.1) is 11.3 Å². The van der Waals surface area contributed by atoms with Gasteiger partial charge in [-0.3, -0.25) is 0 Å². The number of rotatable bonds is 5. The highest BCUT2D eigenvalue weighted by atomic mass is 35.5. The summed E-state index contributed by atoms with van der Waals surface area (Å²) in [6.45, 7) is 1.29. The van der Waals surface area contributed by atoms with E-state index < -0.39 is 0 Å². The van der Waals surface area contributed by atoms with Gasteiger partial charge in [0.25, 0.3) is 0 Å². The van der Waals surface area contributed by atoms with Gasteiger partial charge in [-0.1, -0.05) is 35.9 Å². The van der Waals surface area contributed by atoms with Crippen LogP contribution in [0.15, 0.2) is 42.5 Å². The minimum Gasteiger partial charge on any atom is -0.381 e. The lowest BCUT2D eigenvalue weighted by atomic mass is 10.1. The third kappa shape index (κ3) is 3.74. The molecule has 20 heavy (non-hydrogen) atoms. The average molecular weight is 287 g/mol. The molecule has 2 aromatic carbocycles. The van der Waals surface area contributed by atoms with Crippen LogP contribution in [0.1, 0.15) is 16.7 Å². The molecule has 2 aromatic rings. The third-order valence-electron chi connectivity index (χ3n) is 2.89. The number of nitrogens with one attached hydrogen (secondary N) is 1. The lowest BCUT2D eigenvalue weighted by Crippen LogP contribution is -2.00. The maximum atomic E-state index is 8.95. The van der Waals surface area contributed by atoms with Gasteiger partial charge in [0.2, 0.25) is 0 Å². The van der Waals surface area contributed by atoms with Gasteiger partial charge in [0.15, 0.2) is 0 Å². The summed E-state index contributed by atoms with van der Waals surface area (Å²) >= 11 is 5.90. The molecule has 0 amide bonds. The molecule has 3 nitrogen and oxygen atoms in total. The number of hydrogen-bond acceptors (Lipinski definition) is 3. The minimum absolute atomic E-state index is 0.472. The molecule has 0 unspecified atom stereocenters. The number of anilines is 1. The Labute approximate surface area is 123 Å². The highest BCUT2D eigenvalue weighted by Gasteiger charge is 2.01. The topological polar surface area (TPSA) is 45.0 Å². The molecule has 0 spiro atoms. The fourth-order valence-electron chi connectivity index (χ4n) is 1.92. The number of hydrogen-bond donors (Lipinski definition) is 1. The quantitative estimate of drug-likeness (QED) is 0.904. The lowest BCUT2D eigenvalue weighted by Gasteiger charge is -2.09. The molecule has 0 aromatic heterocycles. The first-order valence-electron chi connectivity index (χ1n) is 6.23. The van der Waals surface area contributed by atoms with Gasteiger partial charge in [-0.2, -0.15) is 5.26 Å². The molecule has 0 atom stereocenters. The molecule has 0 bridgehead atoms. The molecule has 2 rings (SSSR count). The molecular weight excluding hydrogens is 272 g/mol. The van der Waals surface area contributed by atoms with E-state index in [2.05, 4.69) is 17.5 Å². The summed E-state index contributed by atoms with van der Waals surface area (Å²) in [5.74, 6) is 0. The van der Waals surface area contributed by atoms with Gasteiger partial charge in [-0.15, -0.1) is 0 Å². The monoisotopic (exact) mass is 286 g/mol. The van der Waals surface area contributed by atoms with Crippen molar-refractivity contribution in [1.82, 2.24) is 0 Å². The summed E-state index contributed by atoms with van der Waals surface area (Å²) in [4.78, 5) is 0. The minimum atomic E-state index is 0.472. The van der Waals surface area contributed by atoms with Gasteiger partial charge < -0.3 is 10.1 Å². The molecule has 0 saturated heterocycles. The first kappa shape index (κ1) is 14.4. The molecule has 0 aliphatic rings. The highest BCUT2D eigenvalue weighted by Crippen LogP contribution is 2.20. The zero-order valence-electron chi connectivity index (χ0n) is 11.2. The molecule has 102 valence electrons. The molecule has 0 fully saturated rings. The number of benzene rings is 2. The van der Waals surface area contributed by atoms with E-state index in [1.807, 2.05) is 24.3 Å². The Balaban J connectivity index is 2.05. The van der Waals surface area contributed by atoms with Crippen molar-refractivity contribution in [2.75, 3.05) is 12.4 Å². The summed E-state index contributed by atoms with van der Waals surface area (Å²) in [5.41, 5.74) is 3.65. The lowest BCUT2D eigenvalue weighted by molar-refractivity contribution is 0.185. The Morgan fingerprint density at radius 2 is 2.00 bits per heavy atom. The smallest absolute Gasteiger partial charge is 0.101 e. The van der Waals surface area contributed by atoms with Gasteiger partial charge in [-0.25, -0.2) is 0 Å². The Bertz CT molecular complexity index is 635. The largest absolute Gasteiger partial charge is 0.381 e. The predicted octanol–water partition coefficient (Wildman–Crippen LogP) is 3.97. The average Bonchev–Trinajstić information content (AvgIpc) is 2.47. The molecule has 0 aliphatic heterocycles. The van der Waals surface area contributed by atoms with Crippen LogP contribution in [-0.2, 0) is 17.9 Å². The van der Waals surface area contributed by atoms with E-state index in [-0.39, 0.29) is 0 Å². The van der Waals surface area contributed by atoms with Crippen molar-refractivity contribution in [3.05, 3.63) is 64.2 Å². The number of nitrogens with zero attached hydrogens (tertiary/aromatic N) is 1. The zero-order valence-corrected chi connectivity index (χ0v) is 11.9. The van der Waals surface area contributed by atoms with Gasteiger partial charge in [-0.05, 0) is 29.3 Å². The third-order valence-corrected chi connectivity index (χ3v) is 3.22. The van der Waals surface area contributed by atoms with Gasteiger partial charge in [0.05, 0.1) is 17.2 Å². The van der Waals surface area contributed by atoms with Gasteiger partial charge in [0.1, 0.15) is 6.07 Å². The number of ether oxygens (including phenoxy) is 1. The fourth-order valence-corrected chi connectivity index (χ4v) is 2.08. The van der Waals surface area contributed by atoms with E-state index >= 15 is 0 Å². The molecule has 4 heteroatoms. The maximum absolute atomic E-state index is 8.95. The Morgan fingerprint density at radius 3 is 2.75 bits per heavy atom. The molecule has 0 saturated carbocycles. The van der Waals surface area contributed by atoms with Crippen LogP contribution in [0.5, 0.6) is 0 Å². The first-order valence-corrected chi connectivity index (χ1v) is 6.61. The van der Waals surface area contributed by atoms with E-state index in [9.17, 15) is 0 Å². The van der Waals surface area contributed by atoms with Gasteiger partial charge >= 0.3 is 0 Å². The van der Waals surface area contributed by atoms with Crippen LogP contribution in [0.2, 0.25) is 5.02 Å². The van der Waals surface area contributed by atoms with E-state index in [4.69, 9.17) is 21.6 Å². The fraction of sp³-hybridized carbons (Fsp3) is 0.188. The normalized spacial score (nSPS) is 10.1. The summed E-state index contributed by atoms with van der Waals surface area (Å²) in [6.07, 6.45) is 0. The van der Waals surface area contributed by atoms with E-state index in [0.29, 0.717) is 23.7 Å². The molecule has 0 heterocycles. The van der Waals surface area contributed by atoms with Crippen LogP contribution in [0.3, 0.4) is 0 Å². The second kappa shape index (κ2) is 6.95. The van der Waals surface area contributed by atoms with Crippen LogP contribution in [0.4, 0.5) is 5.69 Å². The van der Waals surface area contributed by atoms with Crippen molar-refractivity contribution in [2.45, 2.75) is 13.2 Å². The second-order valence-corrected chi connectivity index (χ2v) is 4.82. The Kier molecular flexibility index (Phi) is 5.00. The SMILES string of the molecule is COCc1cccc(CNc2ccc(Cl)c(C#N)c2)c1. The van der Waals surface area contributed by atoms with Crippen LogP contribution < -0.4 is 5.32 Å². The van der Waals surface area contributed by atoms with E-state index in [1.54, 1.807) is 19.2 Å². The van der Waals surface area contributed by atoms with Crippen molar-refractivity contribution in [3.8, 4) is 6.07 Å². The number of nitriles is 1. The number of halogens is 1. The van der Waals surface area contributed by atoms with Crippen molar-refractivity contribution >= 4 is 17.3 Å². The predicted molar refractivity (Wildman–Crippen MR) is 80.6 cm³/mol. The van der Waals surface area contributed by atoms with Crippen molar-refractivity contribution in [1.29, 1.82) is 5.26 Å². The van der Waals surface area contributed by atoms with Crippen LogP contribution in [0.25, 0.3) is 0 Å². The summed E-state index contributed by atoms with van der Waals surface area (Å²) in [6, 6.07) is 15.6. The summed E-state index contributed by atoms with van der Waals surface area (Å²) in [7, 11) is 1.68. The second-order valence-electron chi connectivity index (χ2n) is 4.41. The number of methoxy groups -OCH3 is 1. The van der Waals surface area contributed by atoms with E-state index in [0.717, 1.165) is 16.8 Å².